The zero-order chi connectivity index (χ0) is 19.2. The summed E-state index contributed by atoms with van der Waals surface area (Å²) >= 11 is 0. The van der Waals surface area contributed by atoms with E-state index in [2.05, 4.69) is 10.4 Å². The molecule has 140 valence electrons. The van der Waals surface area contributed by atoms with Crippen molar-refractivity contribution >= 4 is 11.6 Å². The van der Waals surface area contributed by atoms with Crippen LogP contribution < -0.4 is 14.8 Å². The van der Waals surface area contributed by atoms with Crippen LogP contribution in [0.15, 0.2) is 54.6 Å². The fraction of sp³-hybridized carbons (Fsp3) is 0.238. The predicted molar refractivity (Wildman–Crippen MR) is 104 cm³/mol. The van der Waals surface area contributed by atoms with Gasteiger partial charge in [-0.05, 0) is 43.7 Å². The Morgan fingerprint density at radius 1 is 1.00 bits per heavy atom. The van der Waals surface area contributed by atoms with Gasteiger partial charge in [-0.3, -0.25) is 9.48 Å². The molecule has 0 bridgehead atoms. The summed E-state index contributed by atoms with van der Waals surface area (Å²) in [6.45, 7) is 4.20. The third-order valence-corrected chi connectivity index (χ3v) is 4.22. The quantitative estimate of drug-likeness (QED) is 0.694. The first-order chi connectivity index (χ1) is 13.0. The van der Waals surface area contributed by atoms with Crippen molar-refractivity contribution in [2.45, 2.75) is 20.5 Å². The molecule has 6 nitrogen and oxygen atoms in total. The van der Waals surface area contributed by atoms with Gasteiger partial charge in [0.25, 0.3) is 5.91 Å². The fourth-order valence-electron chi connectivity index (χ4n) is 2.65. The molecule has 0 aliphatic rings. The van der Waals surface area contributed by atoms with E-state index < -0.39 is 0 Å². The van der Waals surface area contributed by atoms with Gasteiger partial charge in [-0.25, -0.2) is 0 Å². The molecule has 2 aromatic carbocycles. The van der Waals surface area contributed by atoms with Crippen molar-refractivity contribution in [2.24, 2.45) is 7.05 Å². The van der Waals surface area contributed by atoms with Crippen molar-refractivity contribution in [3.05, 3.63) is 71.5 Å². The van der Waals surface area contributed by atoms with Crippen molar-refractivity contribution in [3.63, 3.8) is 0 Å². The average Bonchev–Trinajstić information content (AvgIpc) is 2.92. The molecule has 27 heavy (non-hydrogen) atoms. The minimum Gasteiger partial charge on any atom is -0.489 e. The average molecular weight is 365 g/mol. The number of ether oxygens (including phenoxy) is 2. The van der Waals surface area contributed by atoms with Crippen LogP contribution in [0.2, 0.25) is 0 Å². The standard InChI is InChI=1S/C21H23N3O3/c1-15-21(16(2)24(3)23-15)22-20(25)14-27-19-11-9-18(10-12-19)26-13-17-7-5-4-6-8-17/h4-12H,13-14H2,1-3H3,(H,22,25). The first-order valence-corrected chi connectivity index (χ1v) is 8.72. The number of nitrogens with one attached hydrogen (secondary N) is 1. The van der Waals surface area contributed by atoms with Gasteiger partial charge < -0.3 is 14.8 Å². The Kier molecular flexibility index (Phi) is 5.76. The highest BCUT2D eigenvalue weighted by molar-refractivity contribution is 5.93. The molecule has 3 aromatic rings. The Labute approximate surface area is 158 Å². The molecule has 0 atom stereocenters. The number of carbonyl (C=O) groups is 1. The number of hydrogen-bond acceptors (Lipinski definition) is 4. The summed E-state index contributed by atoms with van der Waals surface area (Å²) in [7, 11) is 1.84. The molecule has 1 amide bonds. The third-order valence-electron chi connectivity index (χ3n) is 4.22. The van der Waals surface area contributed by atoms with E-state index in [1.165, 1.54) is 0 Å². The number of rotatable bonds is 7. The van der Waals surface area contributed by atoms with Gasteiger partial charge in [-0.15, -0.1) is 0 Å². The van der Waals surface area contributed by atoms with Crippen molar-refractivity contribution < 1.29 is 14.3 Å². The van der Waals surface area contributed by atoms with Gasteiger partial charge in [-0.1, -0.05) is 30.3 Å². The van der Waals surface area contributed by atoms with Gasteiger partial charge in [0.05, 0.1) is 17.1 Å². The summed E-state index contributed by atoms with van der Waals surface area (Å²) in [4.78, 5) is 12.1. The van der Waals surface area contributed by atoms with E-state index in [-0.39, 0.29) is 12.5 Å². The van der Waals surface area contributed by atoms with E-state index in [1.54, 1.807) is 16.8 Å². The smallest absolute Gasteiger partial charge is 0.262 e. The number of hydrogen-bond donors (Lipinski definition) is 1. The SMILES string of the molecule is Cc1nn(C)c(C)c1NC(=O)COc1ccc(OCc2ccccc2)cc1. The van der Waals surface area contributed by atoms with E-state index in [4.69, 9.17) is 9.47 Å². The van der Waals surface area contributed by atoms with E-state index in [9.17, 15) is 4.79 Å². The predicted octanol–water partition coefficient (Wildman–Crippen LogP) is 3.63. The molecule has 0 radical (unpaired) electrons. The van der Waals surface area contributed by atoms with Gasteiger partial charge in [0.2, 0.25) is 0 Å². The molecular formula is C21H23N3O3. The maximum Gasteiger partial charge on any atom is 0.262 e. The molecule has 1 aromatic heterocycles. The Morgan fingerprint density at radius 3 is 2.22 bits per heavy atom. The van der Waals surface area contributed by atoms with E-state index in [1.807, 2.05) is 63.4 Å². The zero-order valence-corrected chi connectivity index (χ0v) is 15.7. The Balaban J connectivity index is 1.49. The lowest BCUT2D eigenvalue weighted by molar-refractivity contribution is -0.118. The topological polar surface area (TPSA) is 65.4 Å². The second-order valence-corrected chi connectivity index (χ2v) is 6.25. The van der Waals surface area contributed by atoms with Gasteiger partial charge >= 0.3 is 0 Å². The number of carbonyl (C=O) groups excluding carboxylic acids is 1. The van der Waals surface area contributed by atoms with Crippen LogP contribution in [-0.4, -0.2) is 22.3 Å². The Morgan fingerprint density at radius 2 is 1.63 bits per heavy atom. The normalized spacial score (nSPS) is 10.5. The fourth-order valence-corrected chi connectivity index (χ4v) is 2.65. The van der Waals surface area contributed by atoms with Crippen LogP contribution in [0.5, 0.6) is 11.5 Å². The summed E-state index contributed by atoms with van der Waals surface area (Å²) in [5.74, 6) is 1.13. The summed E-state index contributed by atoms with van der Waals surface area (Å²) in [5.41, 5.74) is 3.52. The molecule has 0 saturated heterocycles. The van der Waals surface area contributed by atoms with Crippen LogP contribution in [0, 0.1) is 13.8 Å². The number of aromatic nitrogens is 2. The number of amides is 1. The van der Waals surface area contributed by atoms with Crippen LogP contribution in [0.3, 0.4) is 0 Å². The molecule has 1 N–H and O–H groups in total. The summed E-state index contributed by atoms with van der Waals surface area (Å²) in [5, 5.41) is 7.13. The lowest BCUT2D eigenvalue weighted by atomic mass is 10.2. The first-order valence-electron chi connectivity index (χ1n) is 8.72. The third kappa shape index (κ3) is 4.88. The maximum absolute atomic E-state index is 12.1. The summed E-state index contributed by atoms with van der Waals surface area (Å²) < 4.78 is 13.0. The lowest BCUT2D eigenvalue weighted by Gasteiger charge is -2.09. The molecule has 0 aliphatic carbocycles. The highest BCUT2D eigenvalue weighted by atomic mass is 16.5. The second-order valence-electron chi connectivity index (χ2n) is 6.25. The van der Waals surface area contributed by atoms with Gasteiger partial charge in [0.1, 0.15) is 18.1 Å². The molecule has 0 fully saturated rings. The van der Waals surface area contributed by atoms with Crippen LogP contribution in [0.25, 0.3) is 0 Å². The zero-order valence-electron chi connectivity index (χ0n) is 15.7. The molecule has 0 spiro atoms. The number of aryl methyl sites for hydroxylation is 2. The molecule has 3 rings (SSSR count). The molecule has 0 aliphatic heterocycles. The number of benzene rings is 2. The van der Waals surface area contributed by atoms with E-state index >= 15 is 0 Å². The highest BCUT2D eigenvalue weighted by Crippen LogP contribution is 2.20. The van der Waals surface area contributed by atoms with Crippen LogP contribution in [-0.2, 0) is 18.4 Å². The molecule has 6 heteroatoms. The van der Waals surface area contributed by atoms with Crippen LogP contribution in [0.1, 0.15) is 17.0 Å². The molecule has 0 saturated carbocycles. The highest BCUT2D eigenvalue weighted by Gasteiger charge is 2.12. The number of nitrogens with zero attached hydrogens (tertiary/aromatic N) is 2. The van der Waals surface area contributed by atoms with Crippen molar-refractivity contribution in [2.75, 3.05) is 11.9 Å². The Hall–Kier alpha value is -3.28. The monoisotopic (exact) mass is 365 g/mol. The summed E-state index contributed by atoms with van der Waals surface area (Å²) in [6, 6.07) is 17.2. The van der Waals surface area contributed by atoms with Crippen molar-refractivity contribution in [3.8, 4) is 11.5 Å². The van der Waals surface area contributed by atoms with E-state index in [0.717, 1.165) is 28.4 Å². The number of anilines is 1. The van der Waals surface area contributed by atoms with Crippen LogP contribution in [0.4, 0.5) is 5.69 Å². The largest absolute Gasteiger partial charge is 0.489 e. The molecule has 0 unspecified atom stereocenters. The van der Waals surface area contributed by atoms with Gasteiger partial charge in [-0.2, -0.15) is 5.10 Å². The van der Waals surface area contributed by atoms with Gasteiger partial charge in [0.15, 0.2) is 6.61 Å². The molecular weight excluding hydrogens is 342 g/mol. The van der Waals surface area contributed by atoms with Crippen molar-refractivity contribution in [1.29, 1.82) is 0 Å². The summed E-state index contributed by atoms with van der Waals surface area (Å²) in [6.07, 6.45) is 0. The lowest BCUT2D eigenvalue weighted by Crippen LogP contribution is -2.20. The minimum absolute atomic E-state index is 0.0714. The minimum atomic E-state index is -0.224. The second kappa shape index (κ2) is 8.40. The van der Waals surface area contributed by atoms with E-state index in [0.29, 0.717) is 12.4 Å². The van der Waals surface area contributed by atoms with Crippen molar-refractivity contribution in [1.82, 2.24) is 9.78 Å². The maximum atomic E-state index is 12.1. The Bertz CT molecular complexity index is 902. The van der Waals surface area contributed by atoms with Gasteiger partial charge in [0, 0.05) is 7.05 Å². The first kappa shape index (κ1) is 18.5. The molecule has 1 heterocycles. The van der Waals surface area contributed by atoms with Crippen LogP contribution >= 0.6 is 0 Å².